The summed E-state index contributed by atoms with van der Waals surface area (Å²) in [6.07, 6.45) is -1.32. The Morgan fingerprint density at radius 2 is 1.36 bits per heavy atom. The number of hydrogen-bond donors (Lipinski definition) is 2. The summed E-state index contributed by atoms with van der Waals surface area (Å²) in [4.78, 5) is 39.1. The third kappa shape index (κ3) is 8.57. The van der Waals surface area contributed by atoms with Crippen molar-refractivity contribution >= 4 is 18.0 Å². The summed E-state index contributed by atoms with van der Waals surface area (Å²) >= 11 is 0. The first kappa shape index (κ1) is 25.9. The van der Waals surface area contributed by atoms with Gasteiger partial charge >= 0.3 is 12.2 Å². The minimum Gasteiger partial charge on any atom is -0.410 e. The van der Waals surface area contributed by atoms with Crippen LogP contribution in [0.2, 0.25) is 0 Å². The molecule has 0 saturated heterocycles. The molecular formula is C25H33N3O5. The molecule has 8 heteroatoms. The van der Waals surface area contributed by atoms with Crippen molar-refractivity contribution in [3.63, 3.8) is 0 Å². The molecule has 2 amide bonds. The second-order valence-electron chi connectivity index (χ2n) is 8.47. The molecule has 0 atom stereocenters. The molecule has 0 heterocycles. The number of hydrogen-bond acceptors (Lipinski definition) is 6. The standard InChI is InChI=1S/C25H33N3O5/c1-6-26-23(30)32-20-13-19(14-21(15-20)33-24(31)27-7-2)22(29)17-28(25(3,4)5)16-18-11-9-8-10-12-18/h8-15H,6-7,16-17H2,1-5H3,(H,26,30)(H,27,31). The quantitative estimate of drug-likeness (QED) is 0.545. The lowest BCUT2D eigenvalue weighted by atomic mass is 10.0. The smallest absolute Gasteiger partial charge is 0.410 e. The molecule has 0 aliphatic carbocycles. The molecule has 0 spiro atoms. The number of carbonyl (C=O) groups is 3. The topological polar surface area (TPSA) is 97.0 Å². The molecule has 2 aromatic rings. The van der Waals surface area contributed by atoms with Gasteiger partial charge in [0.1, 0.15) is 11.5 Å². The maximum atomic E-state index is 13.3. The van der Waals surface area contributed by atoms with E-state index in [2.05, 4.69) is 15.5 Å². The average Bonchev–Trinajstić information content (AvgIpc) is 2.73. The Hall–Kier alpha value is -3.39. The lowest BCUT2D eigenvalue weighted by Gasteiger charge is -2.35. The molecule has 0 saturated carbocycles. The molecule has 0 unspecified atom stereocenters. The third-order valence-corrected chi connectivity index (χ3v) is 4.76. The van der Waals surface area contributed by atoms with E-state index in [-0.39, 0.29) is 34.9 Å². The van der Waals surface area contributed by atoms with Gasteiger partial charge in [0.25, 0.3) is 0 Å². The molecule has 0 aliphatic rings. The summed E-state index contributed by atoms with van der Waals surface area (Å²) in [7, 11) is 0. The van der Waals surface area contributed by atoms with Gasteiger partial charge in [-0.1, -0.05) is 30.3 Å². The molecule has 0 fully saturated rings. The lowest BCUT2D eigenvalue weighted by Crippen LogP contribution is -2.43. The fourth-order valence-corrected chi connectivity index (χ4v) is 3.02. The van der Waals surface area contributed by atoms with Crippen LogP contribution in [0, 0.1) is 0 Å². The summed E-state index contributed by atoms with van der Waals surface area (Å²) < 4.78 is 10.5. The van der Waals surface area contributed by atoms with Crippen molar-refractivity contribution in [2.45, 2.75) is 46.7 Å². The van der Waals surface area contributed by atoms with E-state index in [4.69, 9.17) is 9.47 Å². The Kier molecular flexibility index (Phi) is 9.42. The van der Waals surface area contributed by atoms with Crippen molar-refractivity contribution in [2.24, 2.45) is 0 Å². The fourth-order valence-electron chi connectivity index (χ4n) is 3.02. The molecule has 2 N–H and O–H groups in total. The van der Waals surface area contributed by atoms with Crippen molar-refractivity contribution in [1.82, 2.24) is 15.5 Å². The van der Waals surface area contributed by atoms with Crippen LogP contribution in [-0.4, -0.2) is 48.0 Å². The zero-order valence-electron chi connectivity index (χ0n) is 19.9. The number of rotatable bonds is 9. The van der Waals surface area contributed by atoms with Crippen LogP contribution in [0.25, 0.3) is 0 Å². The first-order valence-corrected chi connectivity index (χ1v) is 11.0. The second kappa shape index (κ2) is 12.0. The minimum absolute atomic E-state index is 0.108. The van der Waals surface area contributed by atoms with E-state index < -0.39 is 12.2 Å². The van der Waals surface area contributed by atoms with Crippen molar-refractivity contribution in [3.05, 3.63) is 59.7 Å². The number of benzene rings is 2. The highest BCUT2D eigenvalue weighted by Crippen LogP contribution is 2.25. The van der Waals surface area contributed by atoms with Crippen LogP contribution in [0.1, 0.15) is 50.5 Å². The van der Waals surface area contributed by atoms with Gasteiger partial charge in [0.05, 0.1) is 6.54 Å². The maximum absolute atomic E-state index is 13.3. The largest absolute Gasteiger partial charge is 0.412 e. The summed E-state index contributed by atoms with van der Waals surface area (Å²) in [6, 6.07) is 14.3. The van der Waals surface area contributed by atoms with E-state index in [9.17, 15) is 14.4 Å². The summed E-state index contributed by atoms with van der Waals surface area (Å²) in [5.74, 6) is 0.0240. The molecule has 2 aromatic carbocycles. The number of nitrogens with one attached hydrogen (secondary N) is 2. The lowest BCUT2D eigenvalue weighted by molar-refractivity contribution is 0.0792. The first-order chi connectivity index (χ1) is 15.6. The summed E-state index contributed by atoms with van der Waals surface area (Å²) in [5, 5.41) is 5.06. The zero-order chi connectivity index (χ0) is 24.4. The van der Waals surface area contributed by atoms with Gasteiger partial charge in [-0.05, 0) is 52.3 Å². The molecule has 0 radical (unpaired) electrons. The van der Waals surface area contributed by atoms with Gasteiger partial charge in [0, 0.05) is 36.8 Å². The van der Waals surface area contributed by atoms with Crippen molar-refractivity contribution < 1.29 is 23.9 Å². The maximum Gasteiger partial charge on any atom is 0.412 e. The van der Waals surface area contributed by atoms with E-state index in [0.29, 0.717) is 19.6 Å². The van der Waals surface area contributed by atoms with E-state index in [0.717, 1.165) is 5.56 Å². The van der Waals surface area contributed by atoms with Gasteiger partial charge in [-0.3, -0.25) is 9.69 Å². The Morgan fingerprint density at radius 1 is 0.848 bits per heavy atom. The van der Waals surface area contributed by atoms with Gasteiger partial charge in [0.2, 0.25) is 0 Å². The molecule has 0 bridgehead atoms. The number of nitrogens with zero attached hydrogens (tertiary/aromatic N) is 1. The van der Waals surface area contributed by atoms with Crippen molar-refractivity contribution in [1.29, 1.82) is 0 Å². The van der Waals surface area contributed by atoms with E-state index >= 15 is 0 Å². The van der Waals surface area contributed by atoms with Crippen molar-refractivity contribution in [2.75, 3.05) is 19.6 Å². The normalized spacial score (nSPS) is 11.1. The third-order valence-electron chi connectivity index (χ3n) is 4.76. The Labute approximate surface area is 195 Å². The summed E-state index contributed by atoms with van der Waals surface area (Å²) in [6.45, 7) is 11.2. The first-order valence-electron chi connectivity index (χ1n) is 11.0. The predicted octanol–water partition coefficient (Wildman–Crippen LogP) is 4.39. The van der Waals surface area contributed by atoms with Crippen molar-refractivity contribution in [3.8, 4) is 11.5 Å². The fraction of sp³-hybridized carbons (Fsp3) is 0.400. The van der Waals surface area contributed by atoms with Gasteiger partial charge in [-0.2, -0.15) is 0 Å². The van der Waals surface area contributed by atoms with E-state index in [1.165, 1.54) is 18.2 Å². The van der Waals surface area contributed by atoms with Crippen LogP contribution in [0.3, 0.4) is 0 Å². The Balaban J connectivity index is 2.30. The van der Waals surface area contributed by atoms with Crippen LogP contribution in [0.5, 0.6) is 11.5 Å². The minimum atomic E-state index is -0.661. The molecule has 8 nitrogen and oxygen atoms in total. The molecule has 178 valence electrons. The van der Waals surface area contributed by atoms with Crippen LogP contribution in [0.15, 0.2) is 48.5 Å². The molecule has 33 heavy (non-hydrogen) atoms. The Bertz CT molecular complexity index is 916. The van der Waals surface area contributed by atoms with Gasteiger partial charge in [-0.25, -0.2) is 9.59 Å². The highest BCUT2D eigenvalue weighted by atomic mass is 16.6. The Morgan fingerprint density at radius 3 is 1.82 bits per heavy atom. The van der Waals surface area contributed by atoms with E-state index in [1.807, 2.05) is 51.1 Å². The molecular weight excluding hydrogens is 422 g/mol. The van der Waals surface area contributed by atoms with Gasteiger partial charge in [-0.15, -0.1) is 0 Å². The highest BCUT2D eigenvalue weighted by molar-refractivity contribution is 5.98. The van der Waals surface area contributed by atoms with Crippen LogP contribution in [-0.2, 0) is 6.54 Å². The van der Waals surface area contributed by atoms with Gasteiger partial charge in [0.15, 0.2) is 5.78 Å². The molecule has 0 aliphatic heterocycles. The van der Waals surface area contributed by atoms with E-state index in [1.54, 1.807) is 13.8 Å². The number of ether oxygens (including phenoxy) is 2. The SMILES string of the molecule is CCNC(=O)Oc1cc(OC(=O)NCC)cc(C(=O)CN(Cc2ccccc2)C(C)(C)C)c1. The van der Waals surface area contributed by atoms with Gasteiger partial charge < -0.3 is 20.1 Å². The number of carbonyl (C=O) groups excluding carboxylic acids is 3. The predicted molar refractivity (Wildman–Crippen MR) is 127 cm³/mol. The average molecular weight is 456 g/mol. The van der Waals surface area contributed by atoms with Crippen LogP contribution >= 0.6 is 0 Å². The molecule has 2 rings (SSSR count). The van der Waals surface area contributed by atoms with Crippen LogP contribution < -0.4 is 20.1 Å². The molecule has 0 aromatic heterocycles. The number of Topliss-reactive ketones (excluding diaryl/α,β-unsaturated/α-hetero) is 1. The summed E-state index contributed by atoms with van der Waals surface area (Å²) in [5.41, 5.74) is 1.09. The zero-order valence-corrected chi connectivity index (χ0v) is 19.9. The van der Waals surface area contributed by atoms with Crippen LogP contribution in [0.4, 0.5) is 9.59 Å². The number of ketones is 1. The highest BCUT2D eigenvalue weighted by Gasteiger charge is 2.25. The monoisotopic (exact) mass is 455 g/mol. The second-order valence-corrected chi connectivity index (χ2v) is 8.47. The number of amides is 2.